The number of aryl methyl sites for hydroxylation is 3. The number of rotatable bonds is 5. The number of phenols is 1. The Bertz CT molecular complexity index is 739. The highest BCUT2D eigenvalue weighted by Crippen LogP contribution is 2.17. The van der Waals surface area contributed by atoms with Crippen LogP contribution in [0.25, 0.3) is 0 Å². The highest BCUT2D eigenvalue weighted by atomic mass is 16.5. The molecular weight excluding hydrogens is 292 g/mol. The summed E-state index contributed by atoms with van der Waals surface area (Å²) < 4.78 is 5.41. The van der Waals surface area contributed by atoms with Crippen molar-refractivity contribution in [2.24, 2.45) is 5.10 Å². The first-order valence-corrected chi connectivity index (χ1v) is 7.27. The molecule has 0 bridgehead atoms. The van der Waals surface area contributed by atoms with Gasteiger partial charge < -0.3 is 9.84 Å². The van der Waals surface area contributed by atoms with Crippen LogP contribution in [0.3, 0.4) is 0 Å². The summed E-state index contributed by atoms with van der Waals surface area (Å²) in [4.78, 5) is 11.7. The molecule has 2 aromatic carbocycles. The molecule has 120 valence electrons. The predicted molar refractivity (Wildman–Crippen MR) is 90.0 cm³/mol. The number of ether oxygens (including phenoxy) is 1. The molecule has 0 unspecified atom stereocenters. The second-order valence-corrected chi connectivity index (χ2v) is 5.39. The molecule has 23 heavy (non-hydrogen) atoms. The number of carbonyl (C=O) groups excluding carboxylic acids is 1. The smallest absolute Gasteiger partial charge is 0.277 e. The molecule has 5 heteroatoms. The number of benzene rings is 2. The summed E-state index contributed by atoms with van der Waals surface area (Å²) in [5, 5.41) is 13.5. The fourth-order valence-corrected chi connectivity index (χ4v) is 1.92. The van der Waals surface area contributed by atoms with E-state index in [-0.39, 0.29) is 18.3 Å². The summed E-state index contributed by atoms with van der Waals surface area (Å²) in [7, 11) is 0. The van der Waals surface area contributed by atoms with E-state index in [2.05, 4.69) is 10.5 Å². The van der Waals surface area contributed by atoms with Gasteiger partial charge in [-0.25, -0.2) is 5.43 Å². The third-order valence-electron chi connectivity index (χ3n) is 3.43. The molecule has 0 heterocycles. The molecule has 0 aliphatic carbocycles. The maximum atomic E-state index is 11.7. The molecule has 0 saturated carbocycles. The Hall–Kier alpha value is -2.82. The Morgan fingerprint density at radius 3 is 2.65 bits per heavy atom. The van der Waals surface area contributed by atoms with Gasteiger partial charge in [-0.05, 0) is 61.7 Å². The molecule has 0 aliphatic rings. The number of carbonyl (C=O) groups is 1. The largest absolute Gasteiger partial charge is 0.507 e. The molecule has 2 aromatic rings. The van der Waals surface area contributed by atoms with Gasteiger partial charge in [0.15, 0.2) is 6.61 Å². The van der Waals surface area contributed by atoms with E-state index in [0.29, 0.717) is 11.3 Å². The molecule has 5 nitrogen and oxygen atoms in total. The van der Waals surface area contributed by atoms with Gasteiger partial charge in [0.2, 0.25) is 0 Å². The number of hydrazone groups is 1. The maximum Gasteiger partial charge on any atom is 0.277 e. The SMILES string of the molecule is Cc1ccc(/C=N\NC(=O)COc2ccc(C)c(C)c2)c(O)c1. The van der Waals surface area contributed by atoms with Crippen molar-refractivity contribution in [3.05, 3.63) is 58.7 Å². The van der Waals surface area contributed by atoms with Gasteiger partial charge in [-0.2, -0.15) is 5.10 Å². The quantitative estimate of drug-likeness (QED) is 0.659. The van der Waals surface area contributed by atoms with E-state index in [1.54, 1.807) is 12.1 Å². The van der Waals surface area contributed by atoms with Crippen molar-refractivity contribution in [2.45, 2.75) is 20.8 Å². The van der Waals surface area contributed by atoms with E-state index in [4.69, 9.17) is 4.74 Å². The average Bonchev–Trinajstić information content (AvgIpc) is 2.50. The Labute approximate surface area is 135 Å². The highest BCUT2D eigenvalue weighted by Gasteiger charge is 2.03. The molecule has 0 atom stereocenters. The van der Waals surface area contributed by atoms with Gasteiger partial charge in [-0.1, -0.05) is 12.1 Å². The number of nitrogens with one attached hydrogen (secondary N) is 1. The summed E-state index contributed by atoms with van der Waals surface area (Å²) in [6, 6.07) is 10.9. The van der Waals surface area contributed by atoms with Crippen molar-refractivity contribution in [1.29, 1.82) is 0 Å². The van der Waals surface area contributed by atoms with Crippen LogP contribution in [0.15, 0.2) is 41.5 Å². The highest BCUT2D eigenvalue weighted by molar-refractivity contribution is 5.85. The molecule has 2 rings (SSSR count). The molecule has 0 fully saturated rings. The van der Waals surface area contributed by atoms with Gasteiger partial charge in [-0.3, -0.25) is 4.79 Å². The van der Waals surface area contributed by atoms with Crippen LogP contribution in [0, 0.1) is 20.8 Å². The van der Waals surface area contributed by atoms with Crippen molar-refractivity contribution in [3.8, 4) is 11.5 Å². The summed E-state index contributed by atoms with van der Waals surface area (Å²) in [6.45, 7) is 5.76. The monoisotopic (exact) mass is 312 g/mol. The number of nitrogens with zero attached hydrogens (tertiary/aromatic N) is 1. The Morgan fingerprint density at radius 2 is 1.96 bits per heavy atom. The van der Waals surface area contributed by atoms with Gasteiger partial charge >= 0.3 is 0 Å². The van der Waals surface area contributed by atoms with Crippen molar-refractivity contribution >= 4 is 12.1 Å². The van der Waals surface area contributed by atoms with Crippen LogP contribution < -0.4 is 10.2 Å². The number of amides is 1. The van der Waals surface area contributed by atoms with E-state index in [9.17, 15) is 9.90 Å². The normalized spacial score (nSPS) is 10.7. The maximum absolute atomic E-state index is 11.7. The Balaban J connectivity index is 1.85. The molecule has 0 aromatic heterocycles. The van der Waals surface area contributed by atoms with Crippen molar-refractivity contribution in [3.63, 3.8) is 0 Å². The first-order valence-electron chi connectivity index (χ1n) is 7.27. The summed E-state index contributed by atoms with van der Waals surface area (Å²) >= 11 is 0. The zero-order valence-corrected chi connectivity index (χ0v) is 13.5. The first kappa shape index (κ1) is 16.5. The lowest BCUT2D eigenvalue weighted by Gasteiger charge is -2.07. The zero-order chi connectivity index (χ0) is 16.8. The number of aromatic hydroxyl groups is 1. The molecule has 0 aliphatic heterocycles. The molecule has 1 amide bonds. The van der Waals surface area contributed by atoms with Crippen molar-refractivity contribution in [1.82, 2.24) is 5.43 Å². The Morgan fingerprint density at radius 1 is 1.17 bits per heavy atom. The fraction of sp³-hybridized carbons (Fsp3) is 0.222. The van der Waals surface area contributed by atoms with Gasteiger partial charge in [-0.15, -0.1) is 0 Å². The third kappa shape index (κ3) is 4.85. The van der Waals surface area contributed by atoms with Crippen LogP contribution in [-0.2, 0) is 4.79 Å². The predicted octanol–water partition coefficient (Wildman–Crippen LogP) is 2.85. The lowest BCUT2D eigenvalue weighted by molar-refractivity contribution is -0.123. The molecule has 0 saturated heterocycles. The lowest BCUT2D eigenvalue weighted by atomic mass is 10.1. The summed E-state index contributed by atoms with van der Waals surface area (Å²) in [6.07, 6.45) is 1.39. The first-order chi connectivity index (χ1) is 11.0. The molecular formula is C18H20N2O3. The minimum Gasteiger partial charge on any atom is -0.507 e. The van der Waals surface area contributed by atoms with Crippen LogP contribution in [0.5, 0.6) is 11.5 Å². The number of hydrogen-bond donors (Lipinski definition) is 2. The van der Waals surface area contributed by atoms with Gasteiger partial charge in [0, 0.05) is 5.56 Å². The van der Waals surface area contributed by atoms with E-state index >= 15 is 0 Å². The van der Waals surface area contributed by atoms with Crippen molar-refractivity contribution in [2.75, 3.05) is 6.61 Å². The minimum atomic E-state index is -0.369. The molecule has 0 spiro atoms. The van der Waals surface area contributed by atoms with E-state index in [0.717, 1.165) is 11.1 Å². The fourth-order valence-electron chi connectivity index (χ4n) is 1.92. The summed E-state index contributed by atoms with van der Waals surface area (Å²) in [5.41, 5.74) is 6.12. The molecule has 0 radical (unpaired) electrons. The van der Waals surface area contributed by atoms with Crippen LogP contribution in [0.1, 0.15) is 22.3 Å². The van der Waals surface area contributed by atoms with Gasteiger partial charge in [0.05, 0.1) is 6.21 Å². The average molecular weight is 312 g/mol. The second kappa shape index (κ2) is 7.45. The third-order valence-corrected chi connectivity index (χ3v) is 3.43. The van der Waals surface area contributed by atoms with Crippen LogP contribution in [0.4, 0.5) is 0 Å². The minimum absolute atomic E-state index is 0.120. The molecule has 2 N–H and O–H groups in total. The van der Waals surface area contributed by atoms with Crippen LogP contribution in [-0.4, -0.2) is 23.8 Å². The standard InChI is InChI=1S/C18H20N2O3/c1-12-4-6-15(17(21)8-12)10-19-20-18(22)11-23-16-7-5-13(2)14(3)9-16/h4-10,21H,11H2,1-3H3,(H,20,22)/b19-10-. The van der Waals surface area contributed by atoms with Gasteiger partial charge in [0.1, 0.15) is 11.5 Å². The van der Waals surface area contributed by atoms with Crippen LogP contribution >= 0.6 is 0 Å². The Kier molecular flexibility index (Phi) is 5.36. The van der Waals surface area contributed by atoms with E-state index in [1.807, 2.05) is 45.0 Å². The van der Waals surface area contributed by atoms with E-state index < -0.39 is 0 Å². The van der Waals surface area contributed by atoms with E-state index in [1.165, 1.54) is 11.8 Å². The van der Waals surface area contributed by atoms with Crippen molar-refractivity contribution < 1.29 is 14.6 Å². The topological polar surface area (TPSA) is 70.9 Å². The zero-order valence-electron chi connectivity index (χ0n) is 13.5. The lowest BCUT2D eigenvalue weighted by Crippen LogP contribution is -2.24. The number of phenolic OH excluding ortho intramolecular Hbond substituents is 1. The van der Waals surface area contributed by atoms with Crippen LogP contribution in [0.2, 0.25) is 0 Å². The van der Waals surface area contributed by atoms with Gasteiger partial charge in [0.25, 0.3) is 5.91 Å². The second-order valence-electron chi connectivity index (χ2n) is 5.39. The summed E-state index contributed by atoms with van der Waals surface area (Å²) in [5.74, 6) is 0.392. The number of hydrogen-bond acceptors (Lipinski definition) is 4.